The molecule has 0 bridgehead atoms. The van der Waals surface area contributed by atoms with Crippen molar-refractivity contribution in [1.29, 1.82) is 0 Å². The highest BCUT2D eigenvalue weighted by Crippen LogP contribution is 2.59. The molecule has 1 aliphatic carbocycles. The molecular formula is C14H20N2OS. The fraction of sp³-hybridized carbons (Fsp3) is 0.643. The summed E-state index contributed by atoms with van der Waals surface area (Å²) in [6, 6.07) is 2.10. The van der Waals surface area contributed by atoms with Gasteiger partial charge in [0, 0.05) is 19.5 Å². The number of thiophene rings is 1. The molecule has 3 nitrogen and oxygen atoms in total. The first-order valence-corrected chi connectivity index (χ1v) is 7.62. The first-order chi connectivity index (χ1) is 8.71. The monoisotopic (exact) mass is 264 g/mol. The number of hydrogen-bond donors (Lipinski definition) is 1. The van der Waals surface area contributed by atoms with Crippen molar-refractivity contribution in [3.63, 3.8) is 0 Å². The van der Waals surface area contributed by atoms with E-state index in [0.717, 1.165) is 26.1 Å². The lowest BCUT2D eigenvalue weighted by Crippen LogP contribution is -2.34. The van der Waals surface area contributed by atoms with E-state index in [0.29, 0.717) is 17.2 Å². The fourth-order valence-electron chi connectivity index (χ4n) is 3.17. The Morgan fingerprint density at radius 2 is 2.33 bits per heavy atom. The SMILES string of the molecule is CN(Cc1ccsc1)C(=O)C1CC12CCNCC2. The summed E-state index contributed by atoms with van der Waals surface area (Å²) in [4.78, 5) is 14.3. The summed E-state index contributed by atoms with van der Waals surface area (Å²) in [7, 11) is 1.94. The molecule has 1 saturated heterocycles. The van der Waals surface area contributed by atoms with Gasteiger partial charge in [0.15, 0.2) is 0 Å². The van der Waals surface area contributed by atoms with Crippen LogP contribution in [0.5, 0.6) is 0 Å². The standard InChI is InChI=1S/C14H20N2OS/c1-16(9-11-2-7-18-10-11)13(17)12-8-14(12)3-5-15-6-4-14/h2,7,10,12,15H,3-6,8-9H2,1H3. The zero-order valence-electron chi connectivity index (χ0n) is 10.8. The van der Waals surface area contributed by atoms with Crippen LogP contribution in [0.2, 0.25) is 0 Å². The predicted molar refractivity (Wildman–Crippen MR) is 73.4 cm³/mol. The number of amides is 1. The average molecular weight is 264 g/mol. The van der Waals surface area contributed by atoms with E-state index in [-0.39, 0.29) is 0 Å². The molecule has 1 amide bonds. The third-order valence-electron chi connectivity index (χ3n) is 4.46. The molecule has 98 valence electrons. The van der Waals surface area contributed by atoms with E-state index >= 15 is 0 Å². The fourth-order valence-corrected chi connectivity index (χ4v) is 3.83. The molecule has 1 aromatic heterocycles. The molecule has 2 aliphatic rings. The molecule has 18 heavy (non-hydrogen) atoms. The molecule has 3 rings (SSSR count). The lowest BCUT2D eigenvalue weighted by molar-refractivity contribution is -0.132. The number of nitrogens with one attached hydrogen (secondary N) is 1. The quantitative estimate of drug-likeness (QED) is 0.906. The van der Waals surface area contributed by atoms with Crippen molar-refractivity contribution in [3.05, 3.63) is 22.4 Å². The third-order valence-corrected chi connectivity index (χ3v) is 5.20. The summed E-state index contributed by atoms with van der Waals surface area (Å²) in [5.74, 6) is 0.645. The van der Waals surface area contributed by atoms with Crippen LogP contribution in [0, 0.1) is 11.3 Å². The van der Waals surface area contributed by atoms with Crippen molar-refractivity contribution < 1.29 is 4.79 Å². The molecule has 1 unspecified atom stereocenters. The van der Waals surface area contributed by atoms with E-state index in [1.807, 2.05) is 11.9 Å². The van der Waals surface area contributed by atoms with Gasteiger partial charge in [0.05, 0.1) is 0 Å². The van der Waals surface area contributed by atoms with Gasteiger partial charge in [-0.1, -0.05) is 0 Å². The van der Waals surface area contributed by atoms with Crippen molar-refractivity contribution in [2.24, 2.45) is 11.3 Å². The topological polar surface area (TPSA) is 32.3 Å². The molecule has 2 fully saturated rings. The molecule has 1 aliphatic heterocycles. The molecule has 1 aromatic rings. The zero-order chi connectivity index (χ0) is 12.6. The molecule has 0 radical (unpaired) electrons. The van der Waals surface area contributed by atoms with E-state index < -0.39 is 0 Å². The zero-order valence-corrected chi connectivity index (χ0v) is 11.6. The first kappa shape index (κ1) is 12.2. The van der Waals surface area contributed by atoms with Crippen LogP contribution < -0.4 is 5.32 Å². The maximum Gasteiger partial charge on any atom is 0.226 e. The van der Waals surface area contributed by atoms with Crippen LogP contribution in [0.15, 0.2) is 16.8 Å². The van der Waals surface area contributed by atoms with Crippen molar-refractivity contribution >= 4 is 17.2 Å². The second-order valence-corrected chi connectivity index (χ2v) is 6.48. The van der Waals surface area contributed by atoms with E-state index in [1.54, 1.807) is 11.3 Å². The summed E-state index contributed by atoms with van der Waals surface area (Å²) >= 11 is 1.69. The third kappa shape index (κ3) is 2.19. The number of carbonyl (C=O) groups excluding carboxylic acids is 1. The highest BCUT2D eigenvalue weighted by atomic mass is 32.1. The minimum Gasteiger partial charge on any atom is -0.341 e. The number of hydrogen-bond acceptors (Lipinski definition) is 3. The van der Waals surface area contributed by atoms with E-state index in [4.69, 9.17) is 0 Å². The smallest absolute Gasteiger partial charge is 0.226 e. The largest absolute Gasteiger partial charge is 0.341 e. The van der Waals surface area contributed by atoms with Crippen LogP contribution in [0.3, 0.4) is 0 Å². The van der Waals surface area contributed by atoms with Gasteiger partial charge in [0.2, 0.25) is 5.91 Å². The normalized spacial score (nSPS) is 25.1. The summed E-state index contributed by atoms with van der Waals surface area (Å²) in [5.41, 5.74) is 1.60. The van der Waals surface area contributed by atoms with E-state index in [1.165, 1.54) is 18.4 Å². The average Bonchev–Trinajstić information content (AvgIpc) is 2.84. The summed E-state index contributed by atoms with van der Waals surface area (Å²) in [5, 5.41) is 7.57. The van der Waals surface area contributed by atoms with Gasteiger partial charge in [-0.05, 0) is 60.2 Å². The maximum atomic E-state index is 12.4. The van der Waals surface area contributed by atoms with Crippen molar-refractivity contribution in [1.82, 2.24) is 10.2 Å². The molecule has 4 heteroatoms. The van der Waals surface area contributed by atoms with Crippen molar-refractivity contribution in [2.45, 2.75) is 25.8 Å². The number of rotatable bonds is 3. The van der Waals surface area contributed by atoms with Crippen LogP contribution >= 0.6 is 11.3 Å². The van der Waals surface area contributed by atoms with Crippen LogP contribution in [-0.4, -0.2) is 30.9 Å². The van der Waals surface area contributed by atoms with Gasteiger partial charge in [-0.2, -0.15) is 11.3 Å². The molecule has 1 N–H and O–H groups in total. The minimum absolute atomic E-state index is 0.295. The lowest BCUT2D eigenvalue weighted by Gasteiger charge is -2.25. The Kier molecular flexibility index (Phi) is 3.16. The van der Waals surface area contributed by atoms with Crippen LogP contribution in [0.4, 0.5) is 0 Å². The van der Waals surface area contributed by atoms with Gasteiger partial charge in [0.25, 0.3) is 0 Å². The summed E-state index contributed by atoms with van der Waals surface area (Å²) < 4.78 is 0. The Hall–Kier alpha value is -0.870. The second kappa shape index (κ2) is 4.67. The Morgan fingerprint density at radius 1 is 1.56 bits per heavy atom. The highest BCUT2D eigenvalue weighted by molar-refractivity contribution is 7.07. The van der Waals surface area contributed by atoms with Gasteiger partial charge >= 0.3 is 0 Å². The van der Waals surface area contributed by atoms with Gasteiger partial charge < -0.3 is 10.2 Å². The van der Waals surface area contributed by atoms with Gasteiger partial charge in [0.1, 0.15) is 0 Å². The summed E-state index contributed by atoms with van der Waals surface area (Å²) in [6.45, 7) is 2.92. The molecule has 1 spiro atoms. The highest BCUT2D eigenvalue weighted by Gasteiger charge is 2.58. The Balaban J connectivity index is 1.58. The van der Waals surface area contributed by atoms with Crippen LogP contribution in [-0.2, 0) is 11.3 Å². The molecule has 0 aromatic carbocycles. The number of nitrogens with zero attached hydrogens (tertiary/aromatic N) is 1. The summed E-state index contributed by atoms with van der Waals surface area (Å²) in [6.07, 6.45) is 3.47. The Morgan fingerprint density at radius 3 is 3.00 bits per heavy atom. The van der Waals surface area contributed by atoms with Crippen molar-refractivity contribution in [2.75, 3.05) is 20.1 Å². The lowest BCUT2D eigenvalue weighted by atomic mass is 9.91. The molecule has 1 atom stereocenters. The molecule has 2 heterocycles. The second-order valence-electron chi connectivity index (χ2n) is 5.69. The number of piperidine rings is 1. The van der Waals surface area contributed by atoms with Crippen LogP contribution in [0.1, 0.15) is 24.8 Å². The van der Waals surface area contributed by atoms with Gasteiger partial charge in [-0.15, -0.1) is 0 Å². The Labute approximate surface area is 112 Å². The maximum absolute atomic E-state index is 12.4. The Bertz CT molecular complexity index is 423. The van der Waals surface area contributed by atoms with E-state index in [2.05, 4.69) is 22.1 Å². The predicted octanol–water partition coefficient (Wildman–Crippen LogP) is 2.10. The van der Waals surface area contributed by atoms with Gasteiger partial charge in [-0.3, -0.25) is 4.79 Å². The van der Waals surface area contributed by atoms with E-state index in [9.17, 15) is 4.79 Å². The minimum atomic E-state index is 0.295. The van der Waals surface area contributed by atoms with Gasteiger partial charge in [-0.25, -0.2) is 0 Å². The van der Waals surface area contributed by atoms with Crippen molar-refractivity contribution in [3.8, 4) is 0 Å². The van der Waals surface area contributed by atoms with Crippen LogP contribution in [0.25, 0.3) is 0 Å². The molecular weight excluding hydrogens is 244 g/mol. The first-order valence-electron chi connectivity index (χ1n) is 6.68. The number of carbonyl (C=O) groups is 1. The molecule has 1 saturated carbocycles.